The van der Waals surface area contributed by atoms with Crippen LogP contribution in [0, 0.1) is 13.8 Å². The summed E-state index contributed by atoms with van der Waals surface area (Å²) in [6.07, 6.45) is 1.86. The summed E-state index contributed by atoms with van der Waals surface area (Å²) in [7, 11) is 0. The maximum Gasteiger partial charge on any atom is 0.250 e. The van der Waals surface area contributed by atoms with Crippen molar-refractivity contribution in [3.63, 3.8) is 0 Å². The van der Waals surface area contributed by atoms with E-state index in [1.54, 1.807) is 10.6 Å². The maximum atomic E-state index is 11.5. The van der Waals surface area contributed by atoms with E-state index in [-0.39, 0.29) is 5.56 Å². The topological polar surface area (TPSA) is 34.0 Å². The molecule has 1 heterocycles. The molecule has 1 N–H and O–H groups in total. The van der Waals surface area contributed by atoms with Gasteiger partial charge in [0.25, 0.3) is 5.56 Å². The molecule has 0 bridgehead atoms. The standard InChI is InChI=1S/C16H20N2O/c1-4-18-11-15(7-8-16(18)19)17-10-14-6-5-12(2)13(3)9-14/h5-9,11,17H,4,10H2,1-3H3. The summed E-state index contributed by atoms with van der Waals surface area (Å²) in [6, 6.07) is 9.89. The Bertz CT molecular complexity index is 629. The molecule has 3 nitrogen and oxygen atoms in total. The summed E-state index contributed by atoms with van der Waals surface area (Å²) in [5, 5.41) is 3.35. The highest BCUT2D eigenvalue weighted by molar-refractivity contribution is 5.41. The lowest BCUT2D eigenvalue weighted by atomic mass is 10.1. The summed E-state index contributed by atoms with van der Waals surface area (Å²) in [4.78, 5) is 11.5. The van der Waals surface area contributed by atoms with Crippen molar-refractivity contribution in [3.8, 4) is 0 Å². The number of benzene rings is 1. The first-order valence-corrected chi connectivity index (χ1v) is 6.60. The molecular formula is C16H20N2O. The molecule has 0 spiro atoms. The first kappa shape index (κ1) is 13.4. The monoisotopic (exact) mass is 256 g/mol. The van der Waals surface area contributed by atoms with Crippen LogP contribution in [0.25, 0.3) is 0 Å². The van der Waals surface area contributed by atoms with Crippen LogP contribution in [0.5, 0.6) is 0 Å². The Morgan fingerprint density at radius 2 is 1.89 bits per heavy atom. The highest BCUT2D eigenvalue weighted by Crippen LogP contribution is 2.12. The Labute approximate surface area is 113 Å². The number of hydrogen-bond acceptors (Lipinski definition) is 2. The van der Waals surface area contributed by atoms with Crippen LogP contribution in [-0.2, 0) is 13.1 Å². The molecule has 100 valence electrons. The number of aromatic nitrogens is 1. The Morgan fingerprint density at radius 1 is 1.11 bits per heavy atom. The van der Waals surface area contributed by atoms with Gasteiger partial charge < -0.3 is 9.88 Å². The van der Waals surface area contributed by atoms with E-state index in [1.165, 1.54) is 16.7 Å². The van der Waals surface area contributed by atoms with Gasteiger partial charge in [-0.1, -0.05) is 18.2 Å². The van der Waals surface area contributed by atoms with Crippen molar-refractivity contribution in [1.82, 2.24) is 4.57 Å². The van der Waals surface area contributed by atoms with Gasteiger partial charge in [-0.25, -0.2) is 0 Å². The molecule has 0 amide bonds. The molecule has 1 aromatic carbocycles. The average Bonchev–Trinajstić information content (AvgIpc) is 2.41. The third kappa shape index (κ3) is 3.25. The van der Waals surface area contributed by atoms with E-state index in [2.05, 4.69) is 37.4 Å². The van der Waals surface area contributed by atoms with E-state index >= 15 is 0 Å². The summed E-state index contributed by atoms with van der Waals surface area (Å²) < 4.78 is 1.70. The average molecular weight is 256 g/mol. The zero-order chi connectivity index (χ0) is 13.8. The van der Waals surface area contributed by atoms with Crippen molar-refractivity contribution in [1.29, 1.82) is 0 Å². The first-order chi connectivity index (χ1) is 9.10. The van der Waals surface area contributed by atoms with Gasteiger partial charge in [-0.2, -0.15) is 0 Å². The Hall–Kier alpha value is -2.03. The molecular weight excluding hydrogens is 236 g/mol. The summed E-state index contributed by atoms with van der Waals surface area (Å²) >= 11 is 0. The zero-order valence-corrected chi connectivity index (χ0v) is 11.7. The largest absolute Gasteiger partial charge is 0.380 e. The quantitative estimate of drug-likeness (QED) is 0.912. The Balaban J connectivity index is 2.10. The van der Waals surface area contributed by atoms with Crippen LogP contribution >= 0.6 is 0 Å². The van der Waals surface area contributed by atoms with E-state index in [4.69, 9.17) is 0 Å². The molecule has 0 unspecified atom stereocenters. The van der Waals surface area contributed by atoms with Gasteiger partial charge in [0.05, 0.1) is 5.69 Å². The number of aryl methyl sites for hydroxylation is 3. The highest BCUT2D eigenvalue weighted by Gasteiger charge is 1.99. The van der Waals surface area contributed by atoms with Gasteiger partial charge >= 0.3 is 0 Å². The van der Waals surface area contributed by atoms with Crippen molar-refractivity contribution >= 4 is 5.69 Å². The predicted octanol–water partition coefficient (Wildman–Crippen LogP) is 3.10. The first-order valence-electron chi connectivity index (χ1n) is 6.60. The molecule has 0 fully saturated rings. The van der Waals surface area contributed by atoms with E-state index in [0.29, 0.717) is 6.54 Å². The fourth-order valence-electron chi connectivity index (χ4n) is 2.00. The highest BCUT2D eigenvalue weighted by atomic mass is 16.1. The van der Waals surface area contributed by atoms with Crippen LogP contribution in [0.3, 0.4) is 0 Å². The number of nitrogens with one attached hydrogen (secondary N) is 1. The Kier molecular flexibility index (Phi) is 4.05. The minimum absolute atomic E-state index is 0.0410. The molecule has 0 atom stereocenters. The molecule has 0 radical (unpaired) electrons. The summed E-state index contributed by atoms with van der Waals surface area (Å²) in [5.41, 5.74) is 4.87. The molecule has 0 aliphatic carbocycles. The van der Waals surface area contributed by atoms with Crippen LogP contribution in [0.15, 0.2) is 41.3 Å². The Morgan fingerprint density at radius 3 is 2.58 bits per heavy atom. The molecule has 2 aromatic rings. The predicted molar refractivity (Wildman–Crippen MR) is 79.6 cm³/mol. The number of rotatable bonds is 4. The maximum absolute atomic E-state index is 11.5. The SMILES string of the molecule is CCn1cc(NCc2ccc(C)c(C)c2)ccc1=O. The molecule has 3 heteroatoms. The van der Waals surface area contributed by atoms with Crippen molar-refractivity contribution < 1.29 is 0 Å². The third-order valence-electron chi connectivity index (χ3n) is 3.39. The molecule has 0 aliphatic rings. The van der Waals surface area contributed by atoms with E-state index < -0.39 is 0 Å². The van der Waals surface area contributed by atoms with Gasteiger partial charge in [0.1, 0.15) is 0 Å². The van der Waals surface area contributed by atoms with E-state index in [1.807, 2.05) is 19.2 Å². The van der Waals surface area contributed by atoms with Crippen molar-refractivity contribution in [2.45, 2.75) is 33.9 Å². The molecule has 2 rings (SSSR count). The molecule has 19 heavy (non-hydrogen) atoms. The van der Waals surface area contributed by atoms with E-state index in [9.17, 15) is 4.79 Å². The van der Waals surface area contributed by atoms with Crippen molar-refractivity contribution in [3.05, 3.63) is 63.6 Å². The molecule has 0 saturated carbocycles. The van der Waals surface area contributed by atoms with Gasteiger partial charge in [-0.05, 0) is 43.5 Å². The van der Waals surface area contributed by atoms with Gasteiger partial charge in [0.15, 0.2) is 0 Å². The number of anilines is 1. The van der Waals surface area contributed by atoms with Crippen LogP contribution in [-0.4, -0.2) is 4.57 Å². The lowest BCUT2D eigenvalue weighted by Gasteiger charge is -2.10. The minimum atomic E-state index is 0.0410. The zero-order valence-electron chi connectivity index (χ0n) is 11.7. The smallest absolute Gasteiger partial charge is 0.250 e. The second kappa shape index (κ2) is 5.74. The lowest BCUT2D eigenvalue weighted by Crippen LogP contribution is -2.17. The second-order valence-electron chi connectivity index (χ2n) is 4.81. The van der Waals surface area contributed by atoms with Crippen LogP contribution in [0.4, 0.5) is 5.69 Å². The molecule has 0 aliphatic heterocycles. The van der Waals surface area contributed by atoms with Crippen LogP contribution in [0.2, 0.25) is 0 Å². The number of pyridine rings is 1. The van der Waals surface area contributed by atoms with Crippen molar-refractivity contribution in [2.75, 3.05) is 5.32 Å². The van der Waals surface area contributed by atoms with E-state index in [0.717, 1.165) is 12.2 Å². The number of nitrogens with zero attached hydrogens (tertiary/aromatic N) is 1. The minimum Gasteiger partial charge on any atom is -0.380 e. The van der Waals surface area contributed by atoms with Crippen LogP contribution in [0.1, 0.15) is 23.6 Å². The summed E-state index contributed by atoms with van der Waals surface area (Å²) in [6.45, 7) is 7.66. The summed E-state index contributed by atoms with van der Waals surface area (Å²) in [5.74, 6) is 0. The fourth-order valence-corrected chi connectivity index (χ4v) is 2.00. The lowest BCUT2D eigenvalue weighted by molar-refractivity contribution is 0.727. The molecule has 1 aromatic heterocycles. The fraction of sp³-hybridized carbons (Fsp3) is 0.312. The van der Waals surface area contributed by atoms with Crippen molar-refractivity contribution in [2.24, 2.45) is 0 Å². The van der Waals surface area contributed by atoms with Gasteiger partial charge in [0.2, 0.25) is 0 Å². The van der Waals surface area contributed by atoms with Crippen LogP contribution < -0.4 is 10.9 Å². The van der Waals surface area contributed by atoms with Gasteiger partial charge in [0, 0.05) is 25.4 Å². The van der Waals surface area contributed by atoms with Gasteiger partial charge in [-0.3, -0.25) is 4.79 Å². The molecule has 0 saturated heterocycles. The third-order valence-corrected chi connectivity index (χ3v) is 3.39. The van der Waals surface area contributed by atoms with Gasteiger partial charge in [-0.15, -0.1) is 0 Å². The second-order valence-corrected chi connectivity index (χ2v) is 4.81. The number of hydrogen-bond donors (Lipinski definition) is 1. The normalized spacial score (nSPS) is 10.5.